The normalized spacial score (nSPS) is 13.4. The maximum absolute atomic E-state index is 12.4. The van der Waals surface area contributed by atoms with Crippen molar-refractivity contribution in [2.75, 3.05) is 6.54 Å². The minimum Gasteiger partial charge on any atom is -0.351 e. The highest BCUT2D eigenvalue weighted by Crippen LogP contribution is 2.23. The summed E-state index contributed by atoms with van der Waals surface area (Å²) in [6, 6.07) is 9.89. The molecule has 3 N–H and O–H groups in total. The smallest absolute Gasteiger partial charge is 0.230 e. The maximum atomic E-state index is 12.4. The van der Waals surface area contributed by atoms with Gasteiger partial charge in [0.15, 0.2) is 0 Å². The van der Waals surface area contributed by atoms with Crippen LogP contribution in [0.4, 0.5) is 0 Å². The van der Waals surface area contributed by atoms with Crippen LogP contribution in [0.2, 0.25) is 0 Å². The third-order valence-corrected chi connectivity index (χ3v) is 3.44. The summed E-state index contributed by atoms with van der Waals surface area (Å²) in [5.41, 5.74) is 6.22. The molecule has 0 saturated carbocycles. The molecule has 0 aliphatic carbocycles. The fraction of sp³-hybridized carbons (Fsp3) is 0.562. The largest absolute Gasteiger partial charge is 0.351 e. The van der Waals surface area contributed by atoms with Gasteiger partial charge >= 0.3 is 0 Å². The van der Waals surface area contributed by atoms with Gasteiger partial charge in [0, 0.05) is 12.6 Å². The molecule has 3 nitrogen and oxygen atoms in total. The Morgan fingerprint density at radius 2 is 1.84 bits per heavy atom. The fourth-order valence-electron chi connectivity index (χ4n) is 2.13. The summed E-state index contributed by atoms with van der Waals surface area (Å²) in [4.78, 5) is 12.4. The third-order valence-electron chi connectivity index (χ3n) is 3.44. The monoisotopic (exact) mass is 262 g/mol. The molecular weight excluding hydrogens is 236 g/mol. The molecule has 1 aromatic carbocycles. The van der Waals surface area contributed by atoms with Crippen LogP contribution < -0.4 is 11.1 Å². The number of rotatable bonds is 6. The average Bonchev–Trinajstić information content (AvgIpc) is 2.38. The lowest BCUT2D eigenvalue weighted by Gasteiger charge is -2.28. The Morgan fingerprint density at radius 3 is 2.32 bits per heavy atom. The minimum absolute atomic E-state index is 0.0369. The zero-order valence-electron chi connectivity index (χ0n) is 12.4. The Morgan fingerprint density at radius 1 is 1.26 bits per heavy atom. The first kappa shape index (κ1) is 15.7. The quantitative estimate of drug-likeness (QED) is 0.827. The molecule has 0 heterocycles. The van der Waals surface area contributed by atoms with Crippen molar-refractivity contribution in [1.29, 1.82) is 0 Å². The van der Waals surface area contributed by atoms with E-state index in [-0.39, 0.29) is 11.9 Å². The third kappa shape index (κ3) is 4.35. The van der Waals surface area contributed by atoms with Crippen molar-refractivity contribution in [1.82, 2.24) is 5.32 Å². The molecule has 0 bridgehead atoms. The Bertz CT molecular complexity index is 398. The first-order valence-electron chi connectivity index (χ1n) is 6.94. The zero-order chi connectivity index (χ0) is 14.5. The van der Waals surface area contributed by atoms with Gasteiger partial charge in [0.1, 0.15) is 0 Å². The van der Waals surface area contributed by atoms with E-state index < -0.39 is 5.41 Å². The van der Waals surface area contributed by atoms with Gasteiger partial charge < -0.3 is 11.1 Å². The van der Waals surface area contributed by atoms with Crippen molar-refractivity contribution < 1.29 is 4.79 Å². The van der Waals surface area contributed by atoms with E-state index in [1.165, 1.54) is 0 Å². The molecule has 0 radical (unpaired) electrons. The molecule has 0 aromatic heterocycles. The van der Waals surface area contributed by atoms with Crippen molar-refractivity contribution in [3.8, 4) is 0 Å². The van der Waals surface area contributed by atoms with Gasteiger partial charge in [-0.25, -0.2) is 0 Å². The van der Waals surface area contributed by atoms with Gasteiger partial charge in [-0.3, -0.25) is 4.79 Å². The van der Waals surface area contributed by atoms with Crippen molar-refractivity contribution >= 4 is 5.91 Å². The van der Waals surface area contributed by atoms with Gasteiger partial charge in [0.2, 0.25) is 5.91 Å². The summed E-state index contributed by atoms with van der Waals surface area (Å²) in [5, 5.41) is 3.07. The molecule has 0 aliphatic heterocycles. The molecule has 3 heteroatoms. The van der Waals surface area contributed by atoms with Crippen LogP contribution in [0.3, 0.4) is 0 Å². The molecular formula is C16H26N2O. The van der Waals surface area contributed by atoms with Crippen LogP contribution in [-0.2, 0) is 10.2 Å². The summed E-state index contributed by atoms with van der Waals surface area (Å²) in [7, 11) is 0. The minimum atomic E-state index is -0.536. The van der Waals surface area contributed by atoms with Crippen LogP contribution in [0, 0.1) is 5.92 Å². The molecule has 1 amide bonds. The number of amides is 1. The van der Waals surface area contributed by atoms with E-state index in [0.29, 0.717) is 12.5 Å². The number of nitrogens with two attached hydrogens (primary N) is 1. The van der Waals surface area contributed by atoms with Crippen LogP contribution in [-0.4, -0.2) is 18.5 Å². The molecule has 106 valence electrons. The van der Waals surface area contributed by atoms with E-state index in [1.807, 2.05) is 44.2 Å². The second-order valence-electron chi connectivity index (χ2n) is 6.03. The lowest BCUT2D eigenvalue weighted by atomic mass is 9.83. The average molecular weight is 262 g/mol. The Labute approximate surface area is 116 Å². The van der Waals surface area contributed by atoms with E-state index in [4.69, 9.17) is 5.73 Å². The standard InChI is InChI=1S/C16H26N2O/c1-12(2)10-14(11-17)18-15(19)16(3,4)13-8-6-5-7-9-13/h5-9,12,14H,10-11,17H2,1-4H3,(H,18,19). The highest BCUT2D eigenvalue weighted by molar-refractivity contribution is 5.87. The lowest BCUT2D eigenvalue weighted by Crippen LogP contribution is -2.48. The SMILES string of the molecule is CC(C)CC(CN)NC(=O)C(C)(C)c1ccccc1. The number of nitrogens with one attached hydrogen (secondary N) is 1. The molecule has 1 aromatic rings. The van der Waals surface area contributed by atoms with Gasteiger partial charge in [0.25, 0.3) is 0 Å². The fourth-order valence-corrected chi connectivity index (χ4v) is 2.13. The lowest BCUT2D eigenvalue weighted by molar-refractivity contribution is -0.126. The van der Waals surface area contributed by atoms with Gasteiger partial charge in [-0.2, -0.15) is 0 Å². The van der Waals surface area contributed by atoms with Crippen LogP contribution in [0.5, 0.6) is 0 Å². The Hall–Kier alpha value is -1.35. The van der Waals surface area contributed by atoms with Crippen molar-refractivity contribution in [3.05, 3.63) is 35.9 Å². The number of benzene rings is 1. The number of carbonyl (C=O) groups excluding carboxylic acids is 1. The summed E-state index contributed by atoms with van der Waals surface area (Å²) in [6.45, 7) is 8.64. The summed E-state index contributed by atoms with van der Waals surface area (Å²) in [5.74, 6) is 0.559. The van der Waals surface area contributed by atoms with Gasteiger partial charge in [-0.15, -0.1) is 0 Å². The molecule has 0 aliphatic rings. The van der Waals surface area contributed by atoms with E-state index in [1.54, 1.807) is 0 Å². The highest BCUT2D eigenvalue weighted by atomic mass is 16.2. The van der Waals surface area contributed by atoms with Crippen LogP contribution in [0.25, 0.3) is 0 Å². The van der Waals surface area contributed by atoms with E-state index in [2.05, 4.69) is 19.2 Å². The Kier molecular flexibility index (Phi) is 5.55. The first-order valence-corrected chi connectivity index (χ1v) is 6.94. The van der Waals surface area contributed by atoms with Crippen LogP contribution >= 0.6 is 0 Å². The van der Waals surface area contributed by atoms with Crippen molar-refractivity contribution in [2.45, 2.75) is 45.6 Å². The molecule has 0 saturated heterocycles. The maximum Gasteiger partial charge on any atom is 0.230 e. The van der Waals surface area contributed by atoms with Gasteiger partial charge in [0.05, 0.1) is 5.41 Å². The van der Waals surface area contributed by atoms with E-state index in [9.17, 15) is 4.79 Å². The van der Waals surface area contributed by atoms with Crippen LogP contribution in [0.1, 0.15) is 39.7 Å². The van der Waals surface area contributed by atoms with Crippen LogP contribution in [0.15, 0.2) is 30.3 Å². The number of hydrogen-bond donors (Lipinski definition) is 2. The second-order valence-corrected chi connectivity index (χ2v) is 6.03. The molecule has 0 spiro atoms. The topological polar surface area (TPSA) is 55.1 Å². The Balaban J connectivity index is 2.76. The van der Waals surface area contributed by atoms with Gasteiger partial charge in [-0.05, 0) is 31.7 Å². The second kappa shape index (κ2) is 6.71. The molecule has 0 fully saturated rings. The number of carbonyl (C=O) groups is 1. The number of hydrogen-bond acceptors (Lipinski definition) is 2. The zero-order valence-corrected chi connectivity index (χ0v) is 12.4. The predicted molar refractivity (Wildman–Crippen MR) is 79.9 cm³/mol. The molecule has 19 heavy (non-hydrogen) atoms. The molecule has 1 atom stereocenters. The predicted octanol–water partition coefficient (Wildman–Crippen LogP) is 2.45. The van der Waals surface area contributed by atoms with E-state index in [0.717, 1.165) is 12.0 Å². The highest BCUT2D eigenvalue weighted by Gasteiger charge is 2.30. The van der Waals surface area contributed by atoms with Crippen molar-refractivity contribution in [3.63, 3.8) is 0 Å². The van der Waals surface area contributed by atoms with Crippen molar-refractivity contribution in [2.24, 2.45) is 11.7 Å². The summed E-state index contributed by atoms with van der Waals surface area (Å²) >= 11 is 0. The van der Waals surface area contributed by atoms with Gasteiger partial charge in [-0.1, -0.05) is 44.2 Å². The summed E-state index contributed by atoms with van der Waals surface area (Å²) in [6.07, 6.45) is 0.910. The first-order chi connectivity index (χ1) is 8.87. The molecule has 1 unspecified atom stereocenters. The summed E-state index contributed by atoms with van der Waals surface area (Å²) < 4.78 is 0. The van der Waals surface area contributed by atoms with E-state index >= 15 is 0 Å². The molecule has 1 rings (SSSR count).